The number of nitrogens with one attached hydrogen (secondary N) is 1. The molecule has 0 aliphatic rings. The normalized spacial score (nSPS) is 10.7. The SMILES string of the molecule is CCCNCc1c(Cl)cccc1Oc1ccc(Br)c(F)c1. The molecule has 0 bridgehead atoms. The molecule has 0 saturated heterocycles. The molecule has 0 aliphatic carbocycles. The fourth-order valence-corrected chi connectivity index (χ4v) is 2.34. The maximum absolute atomic E-state index is 13.5. The van der Waals surface area contributed by atoms with Crippen LogP contribution in [0.3, 0.4) is 0 Å². The molecule has 0 amide bonds. The van der Waals surface area contributed by atoms with Crippen molar-refractivity contribution in [1.29, 1.82) is 0 Å². The summed E-state index contributed by atoms with van der Waals surface area (Å²) in [6.07, 6.45) is 1.04. The lowest BCUT2D eigenvalue weighted by Gasteiger charge is -2.13. The van der Waals surface area contributed by atoms with E-state index in [1.54, 1.807) is 12.1 Å². The van der Waals surface area contributed by atoms with Gasteiger partial charge in [0.25, 0.3) is 0 Å². The molecule has 0 aliphatic heterocycles. The minimum absolute atomic E-state index is 0.361. The molecule has 0 radical (unpaired) electrons. The van der Waals surface area contributed by atoms with Gasteiger partial charge in [-0.2, -0.15) is 0 Å². The van der Waals surface area contributed by atoms with E-state index in [4.69, 9.17) is 16.3 Å². The van der Waals surface area contributed by atoms with E-state index >= 15 is 0 Å². The molecular formula is C16H16BrClFNO. The van der Waals surface area contributed by atoms with Crippen LogP contribution in [0.4, 0.5) is 4.39 Å². The molecular weight excluding hydrogens is 357 g/mol. The summed E-state index contributed by atoms with van der Waals surface area (Å²) in [5, 5.41) is 3.93. The van der Waals surface area contributed by atoms with Crippen LogP contribution in [0.15, 0.2) is 40.9 Å². The standard InChI is InChI=1S/C16H16BrClFNO/c1-2-8-20-10-12-14(18)4-3-5-16(12)21-11-6-7-13(17)15(19)9-11/h3-7,9,20H,2,8,10H2,1H3. The summed E-state index contributed by atoms with van der Waals surface area (Å²) in [6, 6.07) is 10.1. The van der Waals surface area contributed by atoms with Crippen molar-refractivity contribution in [1.82, 2.24) is 5.32 Å². The molecule has 112 valence electrons. The molecule has 0 spiro atoms. The summed E-state index contributed by atoms with van der Waals surface area (Å²) in [7, 11) is 0. The highest BCUT2D eigenvalue weighted by Crippen LogP contribution is 2.31. The largest absolute Gasteiger partial charge is 0.457 e. The molecule has 0 aromatic heterocycles. The number of ether oxygens (including phenoxy) is 1. The van der Waals surface area contributed by atoms with Crippen LogP contribution < -0.4 is 10.1 Å². The molecule has 2 nitrogen and oxygen atoms in total. The van der Waals surface area contributed by atoms with Crippen molar-refractivity contribution in [3.63, 3.8) is 0 Å². The molecule has 0 saturated carbocycles. The van der Waals surface area contributed by atoms with Crippen molar-refractivity contribution in [2.24, 2.45) is 0 Å². The van der Waals surface area contributed by atoms with Gasteiger partial charge >= 0.3 is 0 Å². The third kappa shape index (κ3) is 4.43. The molecule has 0 heterocycles. The summed E-state index contributed by atoms with van der Waals surface area (Å²) in [5.41, 5.74) is 0.871. The van der Waals surface area contributed by atoms with Gasteiger partial charge in [0.05, 0.1) is 4.47 Å². The number of hydrogen-bond donors (Lipinski definition) is 1. The van der Waals surface area contributed by atoms with Crippen molar-refractivity contribution in [2.75, 3.05) is 6.54 Å². The fraction of sp³-hybridized carbons (Fsp3) is 0.250. The van der Waals surface area contributed by atoms with E-state index < -0.39 is 0 Å². The number of rotatable bonds is 6. The Morgan fingerprint density at radius 2 is 2.10 bits per heavy atom. The lowest BCUT2D eigenvalue weighted by atomic mass is 10.2. The molecule has 2 aromatic rings. The molecule has 5 heteroatoms. The van der Waals surface area contributed by atoms with E-state index in [1.165, 1.54) is 6.07 Å². The van der Waals surface area contributed by atoms with Crippen molar-refractivity contribution < 1.29 is 9.13 Å². The Morgan fingerprint density at radius 3 is 2.81 bits per heavy atom. The second-order valence-electron chi connectivity index (χ2n) is 4.57. The second-order valence-corrected chi connectivity index (χ2v) is 5.83. The first-order valence-corrected chi connectivity index (χ1v) is 7.90. The maximum Gasteiger partial charge on any atom is 0.141 e. The monoisotopic (exact) mass is 371 g/mol. The summed E-state index contributed by atoms with van der Waals surface area (Å²) in [5.74, 6) is 0.711. The lowest BCUT2D eigenvalue weighted by molar-refractivity contribution is 0.467. The minimum atomic E-state index is -0.361. The van der Waals surface area contributed by atoms with Crippen molar-refractivity contribution in [2.45, 2.75) is 19.9 Å². The average molecular weight is 373 g/mol. The van der Waals surface area contributed by atoms with Gasteiger partial charge in [0.15, 0.2) is 0 Å². The Labute approximate surface area is 137 Å². The molecule has 2 rings (SSSR count). The highest BCUT2D eigenvalue weighted by Gasteiger charge is 2.10. The Morgan fingerprint density at radius 1 is 1.29 bits per heavy atom. The van der Waals surface area contributed by atoms with E-state index in [0.717, 1.165) is 18.5 Å². The zero-order valence-corrected chi connectivity index (χ0v) is 14.0. The molecule has 21 heavy (non-hydrogen) atoms. The minimum Gasteiger partial charge on any atom is -0.457 e. The third-order valence-electron chi connectivity index (χ3n) is 2.92. The topological polar surface area (TPSA) is 21.3 Å². The summed E-state index contributed by atoms with van der Waals surface area (Å²) in [6.45, 7) is 3.61. The predicted octanol–water partition coefficient (Wildman–Crippen LogP) is 5.53. The first-order chi connectivity index (χ1) is 10.1. The van der Waals surface area contributed by atoms with Crippen molar-refractivity contribution in [3.05, 3.63) is 57.3 Å². The Kier molecular flexibility index (Phi) is 6.03. The van der Waals surface area contributed by atoms with Gasteiger partial charge in [-0.15, -0.1) is 0 Å². The number of halogens is 3. The Balaban J connectivity index is 2.22. The van der Waals surface area contributed by atoms with Crippen LogP contribution in [0, 0.1) is 5.82 Å². The van der Waals surface area contributed by atoms with Gasteiger partial charge < -0.3 is 10.1 Å². The van der Waals surface area contributed by atoms with E-state index in [0.29, 0.717) is 27.5 Å². The second kappa shape index (κ2) is 7.78. The van der Waals surface area contributed by atoms with Crippen LogP contribution in [-0.4, -0.2) is 6.54 Å². The predicted molar refractivity (Wildman–Crippen MR) is 87.6 cm³/mol. The maximum atomic E-state index is 13.5. The smallest absolute Gasteiger partial charge is 0.141 e. The first kappa shape index (κ1) is 16.3. The summed E-state index contributed by atoms with van der Waals surface area (Å²) in [4.78, 5) is 0. The first-order valence-electron chi connectivity index (χ1n) is 6.73. The van der Waals surface area contributed by atoms with Gasteiger partial charge in [-0.3, -0.25) is 0 Å². The van der Waals surface area contributed by atoms with E-state index in [-0.39, 0.29) is 5.82 Å². The Hall–Kier alpha value is -1.10. The van der Waals surface area contributed by atoms with Crippen molar-refractivity contribution >= 4 is 27.5 Å². The van der Waals surface area contributed by atoms with Crippen LogP contribution in [0.2, 0.25) is 5.02 Å². The van der Waals surface area contributed by atoms with E-state index in [1.807, 2.05) is 18.2 Å². The fourth-order valence-electron chi connectivity index (χ4n) is 1.86. The van der Waals surface area contributed by atoms with Gasteiger partial charge in [-0.1, -0.05) is 24.6 Å². The van der Waals surface area contributed by atoms with E-state index in [2.05, 4.69) is 28.2 Å². The molecule has 1 N–H and O–H groups in total. The highest BCUT2D eigenvalue weighted by atomic mass is 79.9. The zero-order chi connectivity index (χ0) is 15.2. The molecule has 0 unspecified atom stereocenters. The van der Waals surface area contributed by atoms with Gasteiger partial charge in [-0.25, -0.2) is 4.39 Å². The van der Waals surface area contributed by atoms with Gasteiger partial charge in [0.1, 0.15) is 17.3 Å². The molecule has 0 atom stereocenters. The van der Waals surface area contributed by atoms with E-state index in [9.17, 15) is 4.39 Å². The van der Waals surface area contributed by atoms with Gasteiger partial charge in [-0.05, 0) is 53.2 Å². The van der Waals surface area contributed by atoms with Crippen LogP contribution in [-0.2, 0) is 6.54 Å². The number of benzene rings is 2. The molecule has 0 fully saturated rings. The van der Waals surface area contributed by atoms with Crippen molar-refractivity contribution in [3.8, 4) is 11.5 Å². The lowest BCUT2D eigenvalue weighted by Crippen LogP contribution is -2.14. The van der Waals surface area contributed by atoms with Crippen LogP contribution >= 0.6 is 27.5 Å². The summed E-state index contributed by atoms with van der Waals surface area (Å²) < 4.78 is 19.7. The zero-order valence-electron chi connectivity index (χ0n) is 11.6. The Bertz CT molecular complexity index is 621. The van der Waals surface area contributed by atoms with Crippen LogP contribution in [0.25, 0.3) is 0 Å². The van der Waals surface area contributed by atoms with Crippen LogP contribution in [0.1, 0.15) is 18.9 Å². The third-order valence-corrected chi connectivity index (χ3v) is 3.92. The van der Waals surface area contributed by atoms with Gasteiger partial charge in [0.2, 0.25) is 0 Å². The average Bonchev–Trinajstić information content (AvgIpc) is 2.46. The van der Waals surface area contributed by atoms with Crippen LogP contribution in [0.5, 0.6) is 11.5 Å². The number of hydrogen-bond acceptors (Lipinski definition) is 2. The quantitative estimate of drug-likeness (QED) is 0.673. The highest BCUT2D eigenvalue weighted by molar-refractivity contribution is 9.10. The molecule has 2 aromatic carbocycles. The van der Waals surface area contributed by atoms with Gasteiger partial charge in [0, 0.05) is 23.2 Å². The summed E-state index contributed by atoms with van der Waals surface area (Å²) >= 11 is 9.35.